The Bertz CT molecular complexity index is 1220. The number of hydrogen-bond acceptors (Lipinski definition) is 5. The number of carbonyl (C=O) groups is 4. The molecule has 174 valence electrons. The summed E-state index contributed by atoms with van der Waals surface area (Å²) in [5.41, 5.74) is 4.82. The zero-order chi connectivity index (χ0) is 23.8. The summed E-state index contributed by atoms with van der Waals surface area (Å²) in [6, 6.07) is 11.6. The SMILES string of the molecule is CC(NC(=O)c1cccc(N2NC(=O)C3CC=CCC3C2=O)c1)c1ccc2c(c1)NC(=O)CO2. The topological polar surface area (TPSA) is 117 Å². The summed E-state index contributed by atoms with van der Waals surface area (Å²) in [6.07, 6.45) is 4.94. The summed E-state index contributed by atoms with van der Waals surface area (Å²) in [6.45, 7) is 1.81. The molecule has 0 saturated carbocycles. The maximum absolute atomic E-state index is 13.0. The molecule has 0 radical (unpaired) electrons. The predicted molar refractivity (Wildman–Crippen MR) is 124 cm³/mol. The Labute approximate surface area is 196 Å². The molecule has 1 fully saturated rings. The van der Waals surface area contributed by atoms with E-state index in [0.717, 1.165) is 5.56 Å². The third-order valence-corrected chi connectivity index (χ3v) is 6.38. The van der Waals surface area contributed by atoms with Crippen molar-refractivity contribution in [3.8, 4) is 5.75 Å². The predicted octanol–water partition coefficient (Wildman–Crippen LogP) is 2.47. The van der Waals surface area contributed by atoms with E-state index >= 15 is 0 Å². The van der Waals surface area contributed by atoms with Crippen LogP contribution in [0.15, 0.2) is 54.6 Å². The normalized spacial score (nSPS) is 22.0. The number of benzene rings is 2. The van der Waals surface area contributed by atoms with Gasteiger partial charge in [0.15, 0.2) is 6.61 Å². The third kappa shape index (κ3) is 4.00. The average Bonchev–Trinajstić information content (AvgIpc) is 2.85. The standard InChI is InChI=1S/C25H24N4O5/c1-14(15-9-10-21-20(12-15)27-22(30)13-34-21)26-23(31)16-5-4-6-17(11-16)29-25(33)19-8-3-2-7-18(19)24(32)28-29/h2-6,9-12,14,18-19H,7-8,13H2,1H3,(H,26,31)(H,27,30)(H,28,32). The number of amides is 4. The quantitative estimate of drug-likeness (QED) is 0.606. The minimum Gasteiger partial charge on any atom is -0.482 e. The van der Waals surface area contributed by atoms with Crippen LogP contribution in [-0.4, -0.2) is 30.2 Å². The van der Waals surface area contributed by atoms with Gasteiger partial charge in [-0.1, -0.05) is 24.3 Å². The highest BCUT2D eigenvalue weighted by Gasteiger charge is 2.42. The lowest BCUT2D eigenvalue weighted by Gasteiger charge is -2.38. The van der Waals surface area contributed by atoms with Crippen LogP contribution < -0.4 is 25.8 Å². The molecule has 2 aromatic rings. The van der Waals surface area contributed by atoms with E-state index < -0.39 is 5.92 Å². The number of carbonyl (C=O) groups excluding carboxylic acids is 4. The highest BCUT2D eigenvalue weighted by Crippen LogP contribution is 2.33. The maximum atomic E-state index is 13.0. The van der Waals surface area contributed by atoms with Gasteiger partial charge < -0.3 is 15.4 Å². The van der Waals surface area contributed by atoms with Crippen molar-refractivity contribution in [1.29, 1.82) is 0 Å². The molecule has 0 spiro atoms. The Morgan fingerprint density at radius 1 is 1.09 bits per heavy atom. The van der Waals surface area contributed by atoms with Crippen molar-refractivity contribution in [2.24, 2.45) is 11.8 Å². The Hall–Kier alpha value is -4.14. The molecule has 2 aliphatic heterocycles. The van der Waals surface area contributed by atoms with Crippen LogP contribution in [0.5, 0.6) is 5.75 Å². The number of anilines is 2. The molecule has 0 aromatic heterocycles. The molecule has 0 bridgehead atoms. The van der Waals surface area contributed by atoms with E-state index in [9.17, 15) is 19.2 Å². The van der Waals surface area contributed by atoms with E-state index in [1.807, 2.05) is 25.1 Å². The molecule has 9 nitrogen and oxygen atoms in total. The van der Waals surface area contributed by atoms with Crippen LogP contribution in [0, 0.1) is 11.8 Å². The molecule has 9 heteroatoms. The molecule has 1 saturated heterocycles. The Kier molecular flexibility index (Phi) is 5.53. The van der Waals surface area contributed by atoms with E-state index in [1.165, 1.54) is 5.01 Å². The lowest BCUT2D eigenvalue weighted by atomic mass is 9.80. The van der Waals surface area contributed by atoms with Gasteiger partial charge in [-0.3, -0.25) is 24.6 Å². The number of hydrazine groups is 1. The van der Waals surface area contributed by atoms with E-state index in [1.54, 1.807) is 36.4 Å². The lowest BCUT2D eigenvalue weighted by molar-refractivity contribution is -0.139. The van der Waals surface area contributed by atoms with Crippen molar-refractivity contribution in [3.05, 3.63) is 65.7 Å². The number of hydrogen-bond donors (Lipinski definition) is 3. The fourth-order valence-corrected chi connectivity index (χ4v) is 4.50. The first-order chi connectivity index (χ1) is 16.4. The molecule has 2 heterocycles. The van der Waals surface area contributed by atoms with Gasteiger partial charge in [-0.05, 0) is 55.7 Å². The van der Waals surface area contributed by atoms with Gasteiger partial charge in [-0.15, -0.1) is 0 Å². The van der Waals surface area contributed by atoms with Crippen molar-refractivity contribution >= 4 is 35.0 Å². The van der Waals surface area contributed by atoms with Crippen LogP contribution in [-0.2, 0) is 14.4 Å². The van der Waals surface area contributed by atoms with Gasteiger partial charge >= 0.3 is 0 Å². The minimum atomic E-state index is -0.398. The zero-order valence-electron chi connectivity index (χ0n) is 18.5. The fourth-order valence-electron chi connectivity index (χ4n) is 4.50. The number of fused-ring (bicyclic) bond motifs is 2. The largest absolute Gasteiger partial charge is 0.482 e. The summed E-state index contributed by atoms with van der Waals surface area (Å²) in [5, 5.41) is 6.94. The summed E-state index contributed by atoms with van der Waals surface area (Å²) in [5.74, 6) is -1.11. The second kappa shape index (κ2) is 8.66. The summed E-state index contributed by atoms with van der Waals surface area (Å²) < 4.78 is 5.38. The van der Waals surface area contributed by atoms with E-state index in [0.29, 0.717) is 35.5 Å². The van der Waals surface area contributed by atoms with Crippen molar-refractivity contribution in [1.82, 2.24) is 10.7 Å². The second-order valence-electron chi connectivity index (χ2n) is 8.64. The van der Waals surface area contributed by atoms with Gasteiger partial charge in [0.1, 0.15) is 5.75 Å². The van der Waals surface area contributed by atoms with Crippen molar-refractivity contribution < 1.29 is 23.9 Å². The van der Waals surface area contributed by atoms with Gasteiger partial charge in [0.2, 0.25) is 11.8 Å². The highest BCUT2D eigenvalue weighted by atomic mass is 16.5. The number of nitrogens with zero attached hydrogens (tertiary/aromatic N) is 1. The monoisotopic (exact) mass is 460 g/mol. The molecule has 3 unspecified atom stereocenters. The molecule has 1 aliphatic carbocycles. The minimum absolute atomic E-state index is 0.0208. The molecule has 2 aromatic carbocycles. The molecule has 34 heavy (non-hydrogen) atoms. The number of rotatable bonds is 4. The Morgan fingerprint density at radius 2 is 1.88 bits per heavy atom. The van der Waals surface area contributed by atoms with Gasteiger partial charge in [0.05, 0.1) is 29.3 Å². The Morgan fingerprint density at radius 3 is 2.71 bits per heavy atom. The van der Waals surface area contributed by atoms with Gasteiger partial charge in [0.25, 0.3) is 11.8 Å². The third-order valence-electron chi connectivity index (χ3n) is 6.38. The summed E-state index contributed by atoms with van der Waals surface area (Å²) >= 11 is 0. The number of allylic oxidation sites excluding steroid dienone is 2. The fraction of sp³-hybridized carbons (Fsp3) is 0.280. The zero-order valence-corrected chi connectivity index (χ0v) is 18.5. The number of nitrogens with one attached hydrogen (secondary N) is 3. The second-order valence-corrected chi connectivity index (χ2v) is 8.64. The Balaban J connectivity index is 1.31. The van der Waals surface area contributed by atoms with Crippen molar-refractivity contribution in [2.75, 3.05) is 16.9 Å². The first-order valence-corrected chi connectivity index (χ1v) is 11.2. The van der Waals surface area contributed by atoms with Crippen LogP contribution in [0.1, 0.15) is 41.7 Å². The van der Waals surface area contributed by atoms with Crippen LogP contribution in [0.2, 0.25) is 0 Å². The van der Waals surface area contributed by atoms with Crippen LogP contribution >= 0.6 is 0 Å². The van der Waals surface area contributed by atoms with E-state index in [2.05, 4.69) is 16.1 Å². The molecular weight excluding hydrogens is 436 g/mol. The van der Waals surface area contributed by atoms with Crippen molar-refractivity contribution in [2.45, 2.75) is 25.8 Å². The number of ether oxygens (including phenoxy) is 1. The maximum Gasteiger partial charge on any atom is 0.262 e. The summed E-state index contributed by atoms with van der Waals surface area (Å²) in [7, 11) is 0. The molecule has 3 atom stereocenters. The molecule has 4 amide bonds. The van der Waals surface area contributed by atoms with E-state index in [-0.39, 0.29) is 42.2 Å². The van der Waals surface area contributed by atoms with Crippen LogP contribution in [0.25, 0.3) is 0 Å². The first kappa shape index (κ1) is 21.7. The first-order valence-electron chi connectivity index (χ1n) is 11.2. The van der Waals surface area contributed by atoms with Gasteiger partial charge in [-0.25, -0.2) is 5.01 Å². The van der Waals surface area contributed by atoms with E-state index in [4.69, 9.17) is 4.74 Å². The van der Waals surface area contributed by atoms with Crippen molar-refractivity contribution in [3.63, 3.8) is 0 Å². The van der Waals surface area contributed by atoms with Crippen LogP contribution in [0.3, 0.4) is 0 Å². The van der Waals surface area contributed by atoms with Crippen LogP contribution in [0.4, 0.5) is 11.4 Å². The molecule has 3 N–H and O–H groups in total. The smallest absolute Gasteiger partial charge is 0.262 e. The summed E-state index contributed by atoms with van der Waals surface area (Å²) in [4.78, 5) is 50.1. The van der Waals surface area contributed by atoms with Gasteiger partial charge in [-0.2, -0.15) is 0 Å². The highest BCUT2D eigenvalue weighted by molar-refractivity contribution is 6.05. The molecular formula is C25H24N4O5. The van der Waals surface area contributed by atoms with Gasteiger partial charge in [0, 0.05) is 5.56 Å². The molecule has 5 rings (SSSR count). The lowest BCUT2D eigenvalue weighted by Crippen LogP contribution is -2.59. The molecule has 3 aliphatic rings. The average molecular weight is 460 g/mol.